The zero-order chi connectivity index (χ0) is 23.1. The van der Waals surface area contributed by atoms with Gasteiger partial charge >= 0.3 is 6.03 Å². The monoisotopic (exact) mass is 515 g/mol. The highest BCUT2D eigenvalue weighted by Crippen LogP contribution is 2.28. The zero-order valence-corrected chi connectivity index (χ0v) is 20.6. The molecule has 1 aromatic heterocycles. The number of nitrogens with zero attached hydrogens (tertiary/aromatic N) is 2. The van der Waals surface area contributed by atoms with Crippen LogP contribution >= 0.6 is 27.3 Å². The summed E-state index contributed by atoms with van der Waals surface area (Å²) in [6.07, 6.45) is 1.60. The third kappa shape index (κ3) is 6.37. The van der Waals surface area contributed by atoms with Crippen molar-refractivity contribution >= 4 is 50.0 Å². The molecular formula is C23H26BrN5O2S. The van der Waals surface area contributed by atoms with E-state index in [2.05, 4.69) is 49.0 Å². The van der Waals surface area contributed by atoms with E-state index in [-0.39, 0.29) is 11.8 Å². The van der Waals surface area contributed by atoms with Gasteiger partial charge in [0.2, 0.25) is 11.0 Å². The highest BCUT2D eigenvalue weighted by atomic mass is 79.9. The molecule has 0 saturated carbocycles. The number of hydrogen-bond acceptors (Lipinski definition) is 5. The van der Waals surface area contributed by atoms with Crippen molar-refractivity contribution in [2.45, 2.75) is 39.7 Å². The number of anilines is 2. The summed E-state index contributed by atoms with van der Waals surface area (Å²) < 4.78 is 0.937. The van der Waals surface area contributed by atoms with Crippen LogP contribution in [-0.2, 0) is 11.2 Å². The van der Waals surface area contributed by atoms with Crippen molar-refractivity contribution in [3.05, 3.63) is 58.6 Å². The summed E-state index contributed by atoms with van der Waals surface area (Å²) in [7, 11) is 0. The second kappa shape index (κ2) is 11.2. The molecule has 0 spiro atoms. The third-order valence-electron chi connectivity index (χ3n) is 5.10. The van der Waals surface area contributed by atoms with E-state index >= 15 is 0 Å². The maximum atomic E-state index is 13.0. The number of rotatable bonds is 8. The molecule has 0 aliphatic carbocycles. The first kappa shape index (κ1) is 23.9. The van der Waals surface area contributed by atoms with Crippen LogP contribution < -0.4 is 16.0 Å². The molecule has 0 bridgehead atoms. The molecule has 9 heteroatoms. The van der Waals surface area contributed by atoms with E-state index < -0.39 is 12.1 Å². The lowest BCUT2D eigenvalue weighted by Crippen LogP contribution is -2.49. The zero-order valence-electron chi connectivity index (χ0n) is 18.2. The smallest absolute Gasteiger partial charge is 0.319 e. The summed E-state index contributed by atoms with van der Waals surface area (Å²) in [5.41, 5.74) is 2.71. The van der Waals surface area contributed by atoms with Crippen molar-refractivity contribution in [2.75, 3.05) is 10.6 Å². The number of aryl methyl sites for hydroxylation is 1. The number of benzene rings is 2. The molecule has 2 aromatic carbocycles. The molecule has 0 fully saturated rings. The first-order chi connectivity index (χ1) is 15.4. The fourth-order valence-corrected chi connectivity index (χ4v) is 4.22. The fourth-order valence-electron chi connectivity index (χ4n) is 3.07. The van der Waals surface area contributed by atoms with Gasteiger partial charge in [0.25, 0.3) is 0 Å². The minimum Gasteiger partial charge on any atom is -0.326 e. The molecule has 3 N–H and O–H groups in total. The van der Waals surface area contributed by atoms with Gasteiger partial charge < -0.3 is 10.6 Å². The third-order valence-corrected chi connectivity index (χ3v) is 6.48. The molecule has 32 heavy (non-hydrogen) atoms. The summed E-state index contributed by atoms with van der Waals surface area (Å²) in [5, 5.41) is 17.8. The van der Waals surface area contributed by atoms with Gasteiger partial charge in [-0.25, -0.2) is 4.79 Å². The van der Waals surface area contributed by atoms with Crippen LogP contribution in [0.1, 0.15) is 32.8 Å². The van der Waals surface area contributed by atoms with E-state index in [4.69, 9.17) is 0 Å². The molecule has 3 rings (SSSR count). The molecule has 0 aliphatic rings. The molecule has 1 heterocycles. The van der Waals surface area contributed by atoms with Gasteiger partial charge in [-0.1, -0.05) is 78.7 Å². The minimum atomic E-state index is -0.715. The number of carbonyl (C=O) groups is 2. The lowest BCUT2D eigenvalue weighted by atomic mass is 9.98. The van der Waals surface area contributed by atoms with Crippen molar-refractivity contribution in [3.8, 4) is 10.6 Å². The molecule has 168 valence electrons. The van der Waals surface area contributed by atoms with E-state index in [9.17, 15) is 9.59 Å². The number of urea groups is 1. The Morgan fingerprint density at radius 3 is 2.56 bits per heavy atom. The van der Waals surface area contributed by atoms with Crippen molar-refractivity contribution in [1.82, 2.24) is 15.5 Å². The van der Waals surface area contributed by atoms with Gasteiger partial charge in [-0.2, -0.15) is 0 Å². The molecule has 3 amide bonds. The predicted molar refractivity (Wildman–Crippen MR) is 133 cm³/mol. The van der Waals surface area contributed by atoms with E-state index in [1.165, 1.54) is 11.3 Å². The fraction of sp³-hybridized carbons (Fsp3) is 0.304. The molecule has 0 saturated heterocycles. The lowest BCUT2D eigenvalue weighted by molar-refractivity contribution is -0.119. The Balaban J connectivity index is 1.67. The maximum Gasteiger partial charge on any atom is 0.319 e. The van der Waals surface area contributed by atoms with Gasteiger partial charge in [-0.05, 0) is 42.2 Å². The minimum absolute atomic E-state index is 0.0693. The van der Waals surface area contributed by atoms with Crippen LogP contribution in [-0.4, -0.2) is 28.2 Å². The summed E-state index contributed by atoms with van der Waals surface area (Å²) in [5.74, 6) is -0.394. The molecule has 3 aromatic rings. The van der Waals surface area contributed by atoms with Crippen molar-refractivity contribution in [3.63, 3.8) is 0 Å². The van der Waals surface area contributed by atoms with Crippen LogP contribution in [0, 0.1) is 5.92 Å². The van der Waals surface area contributed by atoms with E-state index in [0.717, 1.165) is 28.4 Å². The Hall–Kier alpha value is -2.78. The SMILES string of the molecule is CCc1cccc(NC(=O)N[C@H](C(=O)Nc2nnc(-c3cccc(Br)c3)s2)[C@H](C)CC)c1. The average Bonchev–Trinajstić information content (AvgIpc) is 3.25. The number of nitrogens with one attached hydrogen (secondary N) is 3. The topological polar surface area (TPSA) is 96.0 Å². The van der Waals surface area contributed by atoms with Crippen LogP contribution in [0.5, 0.6) is 0 Å². The van der Waals surface area contributed by atoms with E-state index in [0.29, 0.717) is 15.8 Å². The van der Waals surface area contributed by atoms with Crippen LogP contribution in [0.3, 0.4) is 0 Å². The quantitative estimate of drug-likeness (QED) is 0.358. The summed E-state index contributed by atoms with van der Waals surface area (Å²) >= 11 is 4.73. The van der Waals surface area contributed by atoms with E-state index in [1.54, 1.807) is 0 Å². The number of aromatic nitrogens is 2. The normalized spacial score (nSPS) is 12.6. The van der Waals surface area contributed by atoms with Crippen molar-refractivity contribution < 1.29 is 9.59 Å². The Kier molecular flexibility index (Phi) is 8.35. The molecule has 7 nitrogen and oxygen atoms in total. The van der Waals surface area contributed by atoms with Gasteiger partial charge in [0.1, 0.15) is 11.0 Å². The van der Waals surface area contributed by atoms with Crippen LogP contribution in [0.15, 0.2) is 53.0 Å². The van der Waals surface area contributed by atoms with Crippen LogP contribution in [0.4, 0.5) is 15.6 Å². The number of halogens is 1. The highest BCUT2D eigenvalue weighted by Gasteiger charge is 2.27. The molecule has 2 atom stereocenters. The highest BCUT2D eigenvalue weighted by molar-refractivity contribution is 9.10. The van der Waals surface area contributed by atoms with Crippen LogP contribution in [0.25, 0.3) is 10.6 Å². The standard InChI is InChI=1S/C23H26BrN5O2S/c1-4-14(3)19(26-22(31)25-18-11-6-8-15(5-2)12-18)20(30)27-23-29-28-21(32-23)16-9-7-10-17(24)13-16/h6-14,19H,4-5H2,1-3H3,(H2,25,26,31)(H,27,29,30)/t14-,19+/m1/s1. The molecule has 0 aliphatic heterocycles. The Bertz CT molecular complexity index is 1090. The Morgan fingerprint density at radius 1 is 1.06 bits per heavy atom. The largest absolute Gasteiger partial charge is 0.326 e. The summed E-state index contributed by atoms with van der Waals surface area (Å²) in [4.78, 5) is 25.6. The molecule has 0 unspecified atom stereocenters. The Morgan fingerprint density at radius 2 is 1.84 bits per heavy atom. The molecule has 0 radical (unpaired) electrons. The number of amides is 3. The van der Waals surface area contributed by atoms with Gasteiger partial charge in [0.05, 0.1) is 0 Å². The number of carbonyl (C=O) groups excluding carboxylic acids is 2. The lowest BCUT2D eigenvalue weighted by Gasteiger charge is -2.23. The first-order valence-corrected chi connectivity index (χ1v) is 12.1. The van der Waals surface area contributed by atoms with Crippen molar-refractivity contribution in [1.29, 1.82) is 0 Å². The van der Waals surface area contributed by atoms with Gasteiger partial charge in [-0.3, -0.25) is 10.1 Å². The predicted octanol–water partition coefficient (Wildman–Crippen LogP) is 5.70. The first-order valence-electron chi connectivity index (χ1n) is 10.5. The summed E-state index contributed by atoms with van der Waals surface area (Å²) in [6.45, 7) is 5.96. The molecular weight excluding hydrogens is 490 g/mol. The van der Waals surface area contributed by atoms with Gasteiger partial charge in [0.15, 0.2) is 0 Å². The average molecular weight is 516 g/mol. The van der Waals surface area contributed by atoms with Gasteiger partial charge in [0, 0.05) is 15.7 Å². The van der Waals surface area contributed by atoms with Gasteiger partial charge in [-0.15, -0.1) is 10.2 Å². The van der Waals surface area contributed by atoms with Crippen molar-refractivity contribution in [2.24, 2.45) is 5.92 Å². The Labute approximate surface area is 200 Å². The van der Waals surface area contributed by atoms with Crippen LogP contribution in [0.2, 0.25) is 0 Å². The maximum absolute atomic E-state index is 13.0. The summed E-state index contributed by atoms with van der Waals surface area (Å²) in [6, 6.07) is 14.2. The second-order valence-corrected chi connectivity index (χ2v) is 9.32. The second-order valence-electron chi connectivity index (χ2n) is 7.43. The van der Waals surface area contributed by atoms with E-state index in [1.807, 2.05) is 62.4 Å². The number of hydrogen-bond donors (Lipinski definition) is 3.